The third-order valence-corrected chi connectivity index (χ3v) is 6.04. The fourth-order valence-corrected chi connectivity index (χ4v) is 4.25. The topological polar surface area (TPSA) is 84.2 Å². The molecule has 1 fully saturated rings. The van der Waals surface area contributed by atoms with Crippen LogP contribution in [0.3, 0.4) is 0 Å². The van der Waals surface area contributed by atoms with Crippen LogP contribution in [0.15, 0.2) is 59.3 Å². The number of nitrogens with zero attached hydrogens (tertiary/aromatic N) is 4. The number of benzene rings is 1. The predicted octanol–water partition coefficient (Wildman–Crippen LogP) is 4.68. The van der Waals surface area contributed by atoms with Gasteiger partial charge in [-0.15, -0.1) is 0 Å². The molecule has 1 N–H and O–H groups in total. The van der Waals surface area contributed by atoms with E-state index in [0.29, 0.717) is 5.58 Å². The first-order chi connectivity index (χ1) is 15.6. The summed E-state index contributed by atoms with van der Waals surface area (Å²) in [5, 5.41) is 7.78. The summed E-state index contributed by atoms with van der Waals surface area (Å²) in [7, 11) is 0. The van der Waals surface area contributed by atoms with Gasteiger partial charge in [-0.2, -0.15) is 0 Å². The Balaban J connectivity index is 1.54. The molecule has 7 nitrogen and oxygen atoms in total. The zero-order valence-corrected chi connectivity index (χ0v) is 18.2. The van der Waals surface area contributed by atoms with E-state index in [2.05, 4.69) is 15.5 Å². The smallest absolute Gasteiger partial charge is 0.219 e. The zero-order valence-electron chi connectivity index (χ0n) is 18.2. The number of anilines is 1. The Kier molecular flexibility index (Phi) is 5.31. The number of fused-ring (bicyclic) bond motifs is 1. The molecule has 1 aromatic carbocycles. The van der Waals surface area contributed by atoms with Crippen LogP contribution < -0.4 is 5.32 Å². The summed E-state index contributed by atoms with van der Waals surface area (Å²) in [4.78, 5) is 23.0. The number of pyridine rings is 2. The number of hydrogen-bond acceptors (Lipinski definition) is 6. The number of likely N-dealkylation sites (tertiary alicyclic amines) is 1. The molecule has 0 saturated carbocycles. The number of nitrogens with one attached hydrogen (secondary N) is 1. The lowest BCUT2D eigenvalue weighted by Crippen LogP contribution is -2.41. The zero-order chi connectivity index (χ0) is 22.1. The first-order valence-electron chi connectivity index (χ1n) is 10.9. The molecule has 162 valence electrons. The van der Waals surface area contributed by atoms with Crippen molar-refractivity contribution >= 4 is 22.8 Å². The van der Waals surface area contributed by atoms with Crippen molar-refractivity contribution < 1.29 is 9.32 Å². The van der Waals surface area contributed by atoms with Crippen LogP contribution in [0.5, 0.6) is 0 Å². The van der Waals surface area contributed by atoms with Crippen molar-refractivity contribution in [2.24, 2.45) is 0 Å². The highest BCUT2D eigenvalue weighted by Crippen LogP contribution is 2.36. The molecule has 3 aromatic heterocycles. The van der Waals surface area contributed by atoms with Crippen LogP contribution in [-0.2, 0) is 4.79 Å². The predicted molar refractivity (Wildman–Crippen MR) is 124 cm³/mol. The molecule has 5 rings (SSSR count). The van der Waals surface area contributed by atoms with Crippen molar-refractivity contribution in [1.82, 2.24) is 20.0 Å². The molecular formula is C25H25N5O2. The molecule has 1 aliphatic heterocycles. The maximum Gasteiger partial charge on any atom is 0.219 e. The second kappa shape index (κ2) is 8.42. The number of aryl methyl sites for hydroxylation is 1. The van der Waals surface area contributed by atoms with Gasteiger partial charge in [0, 0.05) is 48.9 Å². The van der Waals surface area contributed by atoms with Crippen molar-refractivity contribution in [2.75, 3.05) is 18.4 Å². The second-order valence-electron chi connectivity index (χ2n) is 8.19. The summed E-state index contributed by atoms with van der Waals surface area (Å²) in [6.45, 7) is 5.05. The summed E-state index contributed by atoms with van der Waals surface area (Å²) in [5.74, 6) is 0.935. The minimum Gasteiger partial charge on any atom is -0.367 e. The van der Waals surface area contributed by atoms with Crippen molar-refractivity contribution in [3.8, 4) is 22.4 Å². The Labute approximate surface area is 186 Å². The largest absolute Gasteiger partial charge is 0.367 e. The Hall–Kier alpha value is -3.74. The molecule has 1 amide bonds. The SMILES string of the molecule is CC(=O)N1CCC(Nc2ncccc2-c2cc(-c3ccccc3)nc3c(C)noc23)CC1. The Morgan fingerprint density at radius 3 is 2.62 bits per heavy atom. The van der Waals surface area contributed by atoms with E-state index >= 15 is 0 Å². The number of carbonyl (C=O) groups is 1. The van der Waals surface area contributed by atoms with Gasteiger partial charge in [0.25, 0.3) is 0 Å². The highest BCUT2D eigenvalue weighted by atomic mass is 16.5. The van der Waals surface area contributed by atoms with Crippen LogP contribution in [0.25, 0.3) is 33.5 Å². The number of amides is 1. The van der Waals surface area contributed by atoms with E-state index in [1.54, 1.807) is 13.1 Å². The lowest BCUT2D eigenvalue weighted by atomic mass is 10.0. The minimum absolute atomic E-state index is 0.135. The standard InChI is InChI=1S/C25H25N5O2/c1-16-23-24(32-29-16)21(15-22(28-23)18-7-4-3-5-8-18)20-9-6-12-26-25(20)27-19-10-13-30(14-11-19)17(2)31/h3-9,12,15,19H,10-11,13-14H2,1-2H3,(H,26,27). The number of hydrogen-bond donors (Lipinski definition) is 1. The molecule has 0 bridgehead atoms. The maximum atomic E-state index is 11.6. The Morgan fingerprint density at radius 1 is 1.09 bits per heavy atom. The van der Waals surface area contributed by atoms with Crippen molar-refractivity contribution in [3.63, 3.8) is 0 Å². The quantitative estimate of drug-likeness (QED) is 0.509. The fourth-order valence-electron chi connectivity index (χ4n) is 4.25. The molecule has 32 heavy (non-hydrogen) atoms. The molecule has 0 aliphatic carbocycles. The van der Waals surface area contributed by atoms with Gasteiger partial charge >= 0.3 is 0 Å². The van der Waals surface area contributed by atoms with Gasteiger partial charge in [-0.1, -0.05) is 35.5 Å². The third-order valence-electron chi connectivity index (χ3n) is 6.04. The molecule has 1 saturated heterocycles. The highest BCUT2D eigenvalue weighted by molar-refractivity contribution is 5.96. The van der Waals surface area contributed by atoms with Crippen LogP contribution in [0.4, 0.5) is 5.82 Å². The van der Waals surface area contributed by atoms with Crippen LogP contribution >= 0.6 is 0 Å². The average Bonchev–Trinajstić information content (AvgIpc) is 3.20. The Morgan fingerprint density at radius 2 is 1.88 bits per heavy atom. The number of piperidine rings is 1. The van der Waals surface area contributed by atoms with E-state index < -0.39 is 0 Å². The number of carbonyl (C=O) groups excluding carboxylic acids is 1. The van der Waals surface area contributed by atoms with Gasteiger partial charge in [0.05, 0.1) is 5.69 Å². The lowest BCUT2D eigenvalue weighted by molar-refractivity contribution is -0.129. The van der Waals surface area contributed by atoms with Crippen molar-refractivity contribution in [2.45, 2.75) is 32.7 Å². The molecule has 7 heteroatoms. The highest BCUT2D eigenvalue weighted by Gasteiger charge is 2.23. The van der Waals surface area contributed by atoms with E-state index in [1.165, 1.54) is 0 Å². The molecule has 0 unspecified atom stereocenters. The second-order valence-corrected chi connectivity index (χ2v) is 8.19. The van der Waals surface area contributed by atoms with Gasteiger partial charge < -0.3 is 14.7 Å². The van der Waals surface area contributed by atoms with Gasteiger partial charge in [0.15, 0.2) is 5.58 Å². The molecule has 0 atom stereocenters. The van der Waals surface area contributed by atoms with Crippen LogP contribution in [0.1, 0.15) is 25.5 Å². The summed E-state index contributed by atoms with van der Waals surface area (Å²) >= 11 is 0. The monoisotopic (exact) mass is 427 g/mol. The van der Waals surface area contributed by atoms with E-state index in [4.69, 9.17) is 9.51 Å². The van der Waals surface area contributed by atoms with E-state index in [9.17, 15) is 4.79 Å². The summed E-state index contributed by atoms with van der Waals surface area (Å²) in [6, 6.07) is 16.4. The van der Waals surface area contributed by atoms with Gasteiger partial charge in [-0.3, -0.25) is 4.79 Å². The van der Waals surface area contributed by atoms with E-state index in [-0.39, 0.29) is 11.9 Å². The molecule has 4 heterocycles. The van der Waals surface area contributed by atoms with Crippen molar-refractivity contribution in [1.29, 1.82) is 0 Å². The summed E-state index contributed by atoms with van der Waals surface area (Å²) < 4.78 is 5.70. The van der Waals surface area contributed by atoms with Gasteiger partial charge in [-0.25, -0.2) is 9.97 Å². The van der Waals surface area contributed by atoms with Crippen LogP contribution in [0.2, 0.25) is 0 Å². The lowest BCUT2D eigenvalue weighted by Gasteiger charge is -2.32. The average molecular weight is 428 g/mol. The fraction of sp³-hybridized carbons (Fsp3) is 0.280. The Bertz CT molecular complexity index is 1260. The van der Waals surface area contributed by atoms with Crippen LogP contribution in [0, 0.1) is 6.92 Å². The third kappa shape index (κ3) is 3.82. The molecule has 0 spiro atoms. The van der Waals surface area contributed by atoms with Crippen molar-refractivity contribution in [3.05, 3.63) is 60.4 Å². The van der Waals surface area contributed by atoms with Gasteiger partial charge in [-0.05, 0) is 38.0 Å². The van der Waals surface area contributed by atoms with Crippen LogP contribution in [-0.4, -0.2) is 45.1 Å². The molecule has 4 aromatic rings. The van der Waals surface area contributed by atoms with E-state index in [1.807, 2.05) is 60.4 Å². The maximum absolute atomic E-state index is 11.6. The normalized spacial score (nSPS) is 14.6. The first kappa shape index (κ1) is 20.2. The molecule has 0 radical (unpaired) electrons. The summed E-state index contributed by atoms with van der Waals surface area (Å²) in [5.41, 5.74) is 5.92. The first-order valence-corrected chi connectivity index (χ1v) is 10.9. The van der Waals surface area contributed by atoms with Gasteiger partial charge in [0.2, 0.25) is 5.91 Å². The minimum atomic E-state index is 0.135. The number of rotatable bonds is 4. The molecule has 1 aliphatic rings. The van der Waals surface area contributed by atoms with Gasteiger partial charge in [0.1, 0.15) is 17.0 Å². The number of aromatic nitrogens is 3. The summed E-state index contributed by atoms with van der Waals surface area (Å²) in [6.07, 6.45) is 3.56. The van der Waals surface area contributed by atoms with E-state index in [0.717, 1.165) is 65.3 Å². The molecular weight excluding hydrogens is 402 g/mol.